The molecule has 150 valence electrons. The molecule has 3 rings (SSSR count). The Balaban J connectivity index is 1.75. The van der Waals surface area contributed by atoms with Crippen molar-refractivity contribution in [3.8, 4) is 0 Å². The summed E-state index contributed by atoms with van der Waals surface area (Å²) in [5.74, 6) is -2.87. The number of ether oxygens (including phenoxy) is 1. The Hall–Kier alpha value is -3.60. The van der Waals surface area contributed by atoms with Crippen LogP contribution in [0.25, 0.3) is 0 Å². The van der Waals surface area contributed by atoms with Gasteiger partial charge in [-0.2, -0.15) is 0 Å². The fourth-order valence-corrected chi connectivity index (χ4v) is 3.86. The average molecular weight is 417 g/mol. The quantitative estimate of drug-likeness (QED) is 0.330. The molecule has 1 aromatic carbocycles. The number of amides is 3. The summed E-state index contributed by atoms with van der Waals surface area (Å²) in [4.78, 5) is 60.5. The number of benzene rings is 1. The Labute approximate surface area is 168 Å². The highest BCUT2D eigenvalue weighted by Gasteiger charge is 2.41. The number of nitro groups is 1. The van der Waals surface area contributed by atoms with Gasteiger partial charge in [0.1, 0.15) is 17.0 Å². The number of imide groups is 1. The van der Waals surface area contributed by atoms with E-state index in [9.17, 15) is 29.3 Å². The zero-order chi connectivity index (χ0) is 21.3. The Morgan fingerprint density at radius 1 is 1.28 bits per heavy atom. The van der Waals surface area contributed by atoms with Crippen LogP contribution in [0.15, 0.2) is 24.3 Å². The summed E-state index contributed by atoms with van der Waals surface area (Å²) >= 11 is 1.00. The van der Waals surface area contributed by atoms with Crippen LogP contribution in [0.4, 0.5) is 10.7 Å². The maximum absolute atomic E-state index is 12.5. The zero-order valence-electron chi connectivity index (χ0n) is 15.4. The minimum Gasteiger partial charge on any atom is -0.462 e. The molecule has 10 nitrogen and oxygen atoms in total. The van der Waals surface area contributed by atoms with Crippen LogP contribution in [0.3, 0.4) is 0 Å². The molecular formula is C18H15N3O7S. The van der Waals surface area contributed by atoms with Gasteiger partial charge < -0.3 is 10.1 Å². The number of carbonyl (C=O) groups excluding carboxylic acids is 4. The number of esters is 1. The van der Waals surface area contributed by atoms with Crippen LogP contribution in [-0.4, -0.2) is 46.7 Å². The molecule has 0 radical (unpaired) electrons. The van der Waals surface area contributed by atoms with Gasteiger partial charge >= 0.3 is 5.97 Å². The van der Waals surface area contributed by atoms with Crippen LogP contribution in [0.1, 0.15) is 42.9 Å². The second-order valence-electron chi connectivity index (χ2n) is 6.04. The van der Waals surface area contributed by atoms with E-state index in [1.165, 1.54) is 12.1 Å². The van der Waals surface area contributed by atoms with Crippen molar-refractivity contribution in [3.63, 3.8) is 0 Å². The number of fused-ring (bicyclic) bond motifs is 1. The molecule has 1 N–H and O–H groups in total. The molecule has 0 atom stereocenters. The predicted octanol–water partition coefficient (Wildman–Crippen LogP) is 2.38. The lowest BCUT2D eigenvalue weighted by atomic mass is 10.1. The first-order valence-corrected chi connectivity index (χ1v) is 9.27. The van der Waals surface area contributed by atoms with Crippen LogP contribution in [0, 0.1) is 17.0 Å². The molecule has 0 aliphatic carbocycles. The minimum absolute atomic E-state index is 0.117. The van der Waals surface area contributed by atoms with Gasteiger partial charge in [-0.05, 0) is 31.5 Å². The maximum atomic E-state index is 12.5. The first-order valence-electron chi connectivity index (χ1n) is 8.45. The fourth-order valence-electron chi connectivity index (χ4n) is 2.87. The number of thiophene rings is 1. The topological polar surface area (TPSA) is 136 Å². The minimum atomic E-state index is -0.901. The maximum Gasteiger partial charge on any atom is 0.348 e. The molecule has 0 fully saturated rings. The van der Waals surface area contributed by atoms with Crippen LogP contribution in [0.2, 0.25) is 0 Å². The van der Waals surface area contributed by atoms with Gasteiger partial charge in [-0.1, -0.05) is 6.07 Å². The van der Waals surface area contributed by atoms with Gasteiger partial charge in [-0.15, -0.1) is 11.3 Å². The van der Waals surface area contributed by atoms with Gasteiger partial charge in [0.2, 0.25) is 5.91 Å². The Morgan fingerprint density at radius 2 is 2.00 bits per heavy atom. The van der Waals surface area contributed by atoms with E-state index >= 15 is 0 Å². The molecule has 0 bridgehead atoms. The fraction of sp³-hybridized carbons (Fsp3) is 0.222. The summed E-state index contributed by atoms with van der Waals surface area (Å²) in [5.41, 5.74) is -0.322. The van der Waals surface area contributed by atoms with Gasteiger partial charge in [0.05, 0.1) is 22.1 Å². The highest BCUT2D eigenvalue weighted by atomic mass is 32.1. The summed E-state index contributed by atoms with van der Waals surface area (Å²) in [7, 11) is 0. The number of carbonyl (C=O) groups is 4. The summed E-state index contributed by atoms with van der Waals surface area (Å²) in [6.45, 7) is 2.95. The molecule has 1 aromatic heterocycles. The third-order valence-electron chi connectivity index (χ3n) is 4.12. The van der Waals surface area contributed by atoms with Crippen molar-refractivity contribution < 1.29 is 28.8 Å². The SMILES string of the molecule is CCOC(=O)c1sc(NC(=O)CN2C(=O)c3cccc([N+](=O)[O-])c3C2=O)cc1C. The number of nitrogens with one attached hydrogen (secondary N) is 1. The molecule has 2 heterocycles. The van der Waals surface area contributed by atoms with Crippen LogP contribution >= 0.6 is 11.3 Å². The smallest absolute Gasteiger partial charge is 0.348 e. The molecule has 0 unspecified atom stereocenters. The monoisotopic (exact) mass is 417 g/mol. The van der Waals surface area contributed by atoms with Crippen LogP contribution in [-0.2, 0) is 9.53 Å². The number of nitrogens with zero attached hydrogens (tertiary/aromatic N) is 2. The molecule has 1 aliphatic heterocycles. The third-order valence-corrected chi connectivity index (χ3v) is 5.25. The molecule has 1 aliphatic rings. The summed E-state index contributed by atoms with van der Waals surface area (Å²) < 4.78 is 4.94. The van der Waals surface area contributed by atoms with Gasteiger partial charge in [0.25, 0.3) is 17.5 Å². The number of anilines is 1. The predicted molar refractivity (Wildman–Crippen MR) is 102 cm³/mol. The van der Waals surface area contributed by atoms with Gasteiger partial charge in [0, 0.05) is 6.07 Å². The van der Waals surface area contributed by atoms with E-state index in [1.807, 2.05) is 0 Å². The number of aryl methyl sites for hydroxylation is 1. The molecule has 29 heavy (non-hydrogen) atoms. The van der Waals surface area contributed by atoms with Crippen LogP contribution < -0.4 is 5.32 Å². The summed E-state index contributed by atoms with van der Waals surface area (Å²) in [6, 6.07) is 5.30. The van der Waals surface area contributed by atoms with Gasteiger partial charge in [0.15, 0.2) is 0 Å². The van der Waals surface area contributed by atoms with Gasteiger partial charge in [-0.25, -0.2) is 4.79 Å². The normalized spacial score (nSPS) is 12.7. The molecule has 2 aromatic rings. The van der Waals surface area contributed by atoms with E-state index in [-0.39, 0.29) is 17.7 Å². The lowest BCUT2D eigenvalue weighted by molar-refractivity contribution is -0.385. The van der Waals surface area contributed by atoms with Crippen LogP contribution in [0.5, 0.6) is 0 Å². The first-order chi connectivity index (χ1) is 13.7. The van der Waals surface area contributed by atoms with Crippen molar-refractivity contribution in [1.29, 1.82) is 0 Å². The number of hydrogen-bond donors (Lipinski definition) is 1. The average Bonchev–Trinajstić information content (AvgIpc) is 3.14. The first kappa shape index (κ1) is 20.1. The highest BCUT2D eigenvalue weighted by Crippen LogP contribution is 2.31. The molecule has 3 amide bonds. The Bertz CT molecular complexity index is 1060. The standard InChI is InChI=1S/C18H15N3O7S/c1-3-28-18(25)15-9(2)7-13(29-15)19-12(22)8-20-16(23)10-5-4-6-11(21(26)27)14(10)17(20)24/h4-7H,3,8H2,1-2H3,(H,19,22). The van der Waals surface area contributed by atoms with Crippen molar-refractivity contribution >= 4 is 45.7 Å². The Morgan fingerprint density at radius 3 is 2.66 bits per heavy atom. The summed E-state index contributed by atoms with van der Waals surface area (Å²) in [5, 5.41) is 14.0. The highest BCUT2D eigenvalue weighted by molar-refractivity contribution is 7.18. The lowest BCUT2D eigenvalue weighted by Gasteiger charge is -2.12. The molecule has 11 heteroatoms. The Kier molecular flexibility index (Phi) is 5.41. The van der Waals surface area contributed by atoms with Crippen molar-refractivity contribution in [1.82, 2.24) is 4.90 Å². The largest absolute Gasteiger partial charge is 0.462 e. The van der Waals surface area contributed by atoms with Crippen molar-refractivity contribution in [3.05, 3.63) is 55.9 Å². The molecular weight excluding hydrogens is 402 g/mol. The van der Waals surface area contributed by atoms with E-state index < -0.39 is 40.8 Å². The van der Waals surface area contributed by atoms with E-state index in [0.29, 0.717) is 20.3 Å². The number of rotatable bonds is 6. The molecule has 0 saturated carbocycles. The second-order valence-corrected chi connectivity index (χ2v) is 7.10. The molecule has 0 saturated heterocycles. The summed E-state index contributed by atoms with van der Waals surface area (Å²) in [6.07, 6.45) is 0. The van der Waals surface area contributed by atoms with Crippen molar-refractivity contribution in [2.24, 2.45) is 0 Å². The van der Waals surface area contributed by atoms with E-state index in [4.69, 9.17) is 4.74 Å². The molecule has 0 spiro atoms. The zero-order valence-corrected chi connectivity index (χ0v) is 16.2. The second kappa shape index (κ2) is 7.80. The lowest BCUT2D eigenvalue weighted by Crippen LogP contribution is -2.37. The van der Waals surface area contributed by atoms with E-state index in [2.05, 4.69) is 5.32 Å². The van der Waals surface area contributed by atoms with E-state index in [0.717, 1.165) is 17.4 Å². The van der Waals surface area contributed by atoms with Crippen molar-refractivity contribution in [2.75, 3.05) is 18.5 Å². The number of nitro benzene ring substituents is 1. The van der Waals surface area contributed by atoms with E-state index in [1.54, 1.807) is 19.9 Å². The van der Waals surface area contributed by atoms with Gasteiger partial charge in [-0.3, -0.25) is 29.4 Å². The number of hydrogen-bond acceptors (Lipinski definition) is 8. The van der Waals surface area contributed by atoms with Crippen molar-refractivity contribution in [2.45, 2.75) is 13.8 Å². The third kappa shape index (κ3) is 3.72.